The molecular formula is C17H17FO4. The Bertz CT molecular complexity index is 625. The molecular weight excluding hydrogens is 287 g/mol. The standard InChI is InChI=1S/C17H17FO4/c1-21-14-3-2-4-15(11-14)22-10-9-16(17(19)20)12-5-7-13(18)8-6-12/h2-8,11,16H,9-10H2,1H3,(H,19,20). The van der Waals surface area contributed by atoms with Crippen LogP contribution in [0, 0.1) is 5.82 Å². The van der Waals surface area contributed by atoms with Crippen molar-refractivity contribution in [3.8, 4) is 11.5 Å². The molecule has 0 amide bonds. The van der Waals surface area contributed by atoms with Crippen LogP contribution in [-0.2, 0) is 4.79 Å². The van der Waals surface area contributed by atoms with Gasteiger partial charge in [0.25, 0.3) is 0 Å². The van der Waals surface area contributed by atoms with Crippen LogP contribution in [0.4, 0.5) is 4.39 Å². The first-order chi connectivity index (χ1) is 10.6. The maximum atomic E-state index is 12.9. The Morgan fingerprint density at radius 2 is 1.86 bits per heavy atom. The van der Waals surface area contributed by atoms with Crippen LogP contribution >= 0.6 is 0 Å². The van der Waals surface area contributed by atoms with Crippen LogP contribution in [0.3, 0.4) is 0 Å². The summed E-state index contributed by atoms with van der Waals surface area (Å²) in [7, 11) is 1.56. The van der Waals surface area contributed by atoms with Gasteiger partial charge in [-0.2, -0.15) is 0 Å². The van der Waals surface area contributed by atoms with E-state index in [1.807, 2.05) is 0 Å². The number of methoxy groups -OCH3 is 1. The van der Waals surface area contributed by atoms with Gasteiger partial charge in [0.15, 0.2) is 0 Å². The predicted molar refractivity (Wildman–Crippen MR) is 79.9 cm³/mol. The Hall–Kier alpha value is -2.56. The normalized spacial score (nSPS) is 11.7. The lowest BCUT2D eigenvalue weighted by molar-refractivity contribution is -0.139. The summed E-state index contributed by atoms with van der Waals surface area (Å²) in [4.78, 5) is 11.4. The van der Waals surface area contributed by atoms with Crippen molar-refractivity contribution in [2.24, 2.45) is 0 Å². The fraction of sp³-hybridized carbons (Fsp3) is 0.235. The van der Waals surface area contributed by atoms with E-state index >= 15 is 0 Å². The van der Waals surface area contributed by atoms with Crippen LogP contribution in [0.15, 0.2) is 48.5 Å². The molecule has 0 heterocycles. The Balaban J connectivity index is 1.97. The molecule has 0 aliphatic heterocycles. The lowest BCUT2D eigenvalue weighted by atomic mass is 9.96. The highest BCUT2D eigenvalue weighted by Crippen LogP contribution is 2.23. The molecule has 0 bridgehead atoms. The number of ether oxygens (including phenoxy) is 2. The molecule has 5 heteroatoms. The summed E-state index contributed by atoms with van der Waals surface area (Å²) in [6.07, 6.45) is 0.290. The first kappa shape index (κ1) is 15.8. The third-order valence-electron chi connectivity index (χ3n) is 3.29. The molecule has 0 saturated heterocycles. The molecule has 1 N–H and O–H groups in total. The van der Waals surface area contributed by atoms with Gasteiger partial charge in [-0.15, -0.1) is 0 Å². The summed E-state index contributed by atoms with van der Waals surface area (Å²) < 4.78 is 23.6. The molecule has 2 aromatic rings. The molecule has 2 rings (SSSR count). The zero-order valence-electron chi connectivity index (χ0n) is 12.2. The minimum absolute atomic E-state index is 0.238. The van der Waals surface area contributed by atoms with Crippen molar-refractivity contribution in [1.29, 1.82) is 0 Å². The largest absolute Gasteiger partial charge is 0.497 e. The van der Waals surface area contributed by atoms with Gasteiger partial charge >= 0.3 is 5.97 Å². The third-order valence-corrected chi connectivity index (χ3v) is 3.29. The number of carboxylic acid groups (broad SMARTS) is 1. The third kappa shape index (κ3) is 4.22. The monoisotopic (exact) mass is 304 g/mol. The van der Waals surface area contributed by atoms with Crippen molar-refractivity contribution in [3.63, 3.8) is 0 Å². The number of hydrogen-bond donors (Lipinski definition) is 1. The molecule has 0 saturated carbocycles. The minimum Gasteiger partial charge on any atom is -0.497 e. The van der Waals surface area contributed by atoms with E-state index in [9.17, 15) is 14.3 Å². The van der Waals surface area contributed by atoms with Crippen molar-refractivity contribution in [3.05, 3.63) is 59.9 Å². The maximum absolute atomic E-state index is 12.9. The first-order valence-electron chi connectivity index (χ1n) is 6.85. The number of carbonyl (C=O) groups is 1. The smallest absolute Gasteiger partial charge is 0.311 e. The van der Waals surface area contributed by atoms with Gasteiger partial charge in [-0.3, -0.25) is 4.79 Å². The molecule has 116 valence electrons. The highest BCUT2D eigenvalue weighted by atomic mass is 19.1. The average molecular weight is 304 g/mol. The van der Waals surface area contributed by atoms with Crippen molar-refractivity contribution < 1.29 is 23.8 Å². The molecule has 2 aromatic carbocycles. The molecule has 0 fully saturated rings. The van der Waals surface area contributed by atoms with Gasteiger partial charge in [-0.1, -0.05) is 18.2 Å². The van der Waals surface area contributed by atoms with Gasteiger partial charge in [0.2, 0.25) is 0 Å². The lowest BCUT2D eigenvalue weighted by Crippen LogP contribution is -2.15. The van der Waals surface area contributed by atoms with Crippen molar-refractivity contribution in [2.45, 2.75) is 12.3 Å². The summed E-state index contributed by atoms with van der Waals surface area (Å²) in [5.41, 5.74) is 0.558. The molecule has 0 radical (unpaired) electrons. The Kier molecular flexibility index (Phi) is 5.36. The van der Waals surface area contributed by atoms with E-state index in [1.165, 1.54) is 24.3 Å². The molecule has 22 heavy (non-hydrogen) atoms. The summed E-state index contributed by atoms with van der Waals surface area (Å²) in [6, 6.07) is 12.6. The highest BCUT2D eigenvalue weighted by Gasteiger charge is 2.19. The fourth-order valence-corrected chi connectivity index (χ4v) is 2.11. The topological polar surface area (TPSA) is 55.8 Å². The predicted octanol–water partition coefficient (Wildman–Crippen LogP) is 3.47. The lowest BCUT2D eigenvalue weighted by Gasteiger charge is -2.14. The van der Waals surface area contributed by atoms with Crippen LogP contribution in [-0.4, -0.2) is 24.8 Å². The van der Waals surface area contributed by atoms with E-state index in [0.29, 0.717) is 17.1 Å². The summed E-state index contributed by atoms with van der Waals surface area (Å²) in [5.74, 6) is -0.791. The Morgan fingerprint density at radius 1 is 1.18 bits per heavy atom. The van der Waals surface area contributed by atoms with Gasteiger partial charge in [0.1, 0.15) is 17.3 Å². The minimum atomic E-state index is -0.958. The number of rotatable bonds is 7. The van der Waals surface area contributed by atoms with Crippen molar-refractivity contribution >= 4 is 5.97 Å². The number of aliphatic carboxylic acids is 1. The average Bonchev–Trinajstić information content (AvgIpc) is 2.52. The summed E-state index contributed by atoms with van der Waals surface area (Å²) in [5, 5.41) is 9.31. The molecule has 0 aliphatic rings. The number of hydrogen-bond acceptors (Lipinski definition) is 3. The maximum Gasteiger partial charge on any atom is 0.311 e. The first-order valence-corrected chi connectivity index (χ1v) is 6.85. The van der Waals surface area contributed by atoms with Crippen LogP contribution in [0.25, 0.3) is 0 Å². The van der Waals surface area contributed by atoms with E-state index in [2.05, 4.69) is 0 Å². The van der Waals surface area contributed by atoms with Crippen molar-refractivity contribution in [2.75, 3.05) is 13.7 Å². The van der Waals surface area contributed by atoms with Gasteiger partial charge < -0.3 is 14.6 Å². The second-order valence-electron chi connectivity index (χ2n) is 4.76. The number of carboxylic acids is 1. The number of benzene rings is 2. The summed E-state index contributed by atoms with van der Waals surface area (Å²) in [6.45, 7) is 0.238. The van der Waals surface area contributed by atoms with E-state index in [4.69, 9.17) is 9.47 Å². The van der Waals surface area contributed by atoms with Crippen LogP contribution in [0.2, 0.25) is 0 Å². The van der Waals surface area contributed by atoms with E-state index in [0.717, 1.165) is 0 Å². The van der Waals surface area contributed by atoms with E-state index in [1.54, 1.807) is 31.4 Å². The molecule has 1 unspecified atom stereocenters. The molecule has 4 nitrogen and oxygen atoms in total. The van der Waals surface area contributed by atoms with Crippen LogP contribution < -0.4 is 9.47 Å². The van der Waals surface area contributed by atoms with Gasteiger partial charge in [0, 0.05) is 6.07 Å². The van der Waals surface area contributed by atoms with Crippen molar-refractivity contribution in [1.82, 2.24) is 0 Å². The molecule has 0 spiro atoms. The van der Waals surface area contributed by atoms with E-state index < -0.39 is 11.9 Å². The van der Waals surface area contributed by atoms with Gasteiger partial charge in [-0.05, 0) is 36.2 Å². The molecule has 1 atom stereocenters. The highest BCUT2D eigenvalue weighted by molar-refractivity contribution is 5.76. The fourth-order valence-electron chi connectivity index (χ4n) is 2.11. The second-order valence-corrected chi connectivity index (χ2v) is 4.76. The molecule has 0 aliphatic carbocycles. The molecule has 0 aromatic heterocycles. The Morgan fingerprint density at radius 3 is 2.50 bits per heavy atom. The quantitative estimate of drug-likeness (QED) is 0.851. The zero-order chi connectivity index (χ0) is 15.9. The number of halogens is 1. The Labute approximate surface area is 128 Å². The van der Waals surface area contributed by atoms with E-state index in [-0.39, 0.29) is 18.8 Å². The van der Waals surface area contributed by atoms with Crippen LogP contribution in [0.1, 0.15) is 17.9 Å². The SMILES string of the molecule is COc1cccc(OCCC(C(=O)O)c2ccc(F)cc2)c1. The van der Waals surface area contributed by atoms with Crippen LogP contribution in [0.5, 0.6) is 11.5 Å². The second kappa shape index (κ2) is 7.45. The summed E-state index contributed by atoms with van der Waals surface area (Å²) >= 11 is 0. The van der Waals surface area contributed by atoms with Gasteiger partial charge in [0.05, 0.1) is 19.6 Å². The van der Waals surface area contributed by atoms with Gasteiger partial charge in [-0.25, -0.2) is 4.39 Å². The zero-order valence-corrected chi connectivity index (χ0v) is 12.2.